The lowest BCUT2D eigenvalue weighted by atomic mass is 9.97. The van der Waals surface area contributed by atoms with Gasteiger partial charge in [0, 0.05) is 39.6 Å². The fourth-order valence-electron chi connectivity index (χ4n) is 3.58. The van der Waals surface area contributed by atoms with Crippen LogP contribution in [-0.2, 0) is 10.3 Å². The molecule has 3 aromatic carbocycles. The number of rotatable bonds is 5. The van der Waals surface area contributed by atoms with E-state index in [9.17, 15) is 14.9 Å². The Morgan fingerprint density at radius 1 is 1.00 bits per heavy atom. The molecule has 1 atom stereocenters. The van der Waals surface area contributed by atoms with E-state index < -0.39 is 16.5 Å². The van der Waals surface area contributed by atoms with Gasteiger partial charge in [0.2, 0.25) is 0 Å². The predicted molar refractivity (Wildman–Crippen MR) is 124 cm³/mol. The van der Waals surface area contributed by atoms with Crippen molar-refractivity contribution in [3.63, 3.8) is 0 Å². The molecule has 0 aliphatic rings. The number of ether oxygens (including phenoxy) is 1. The molecular weight excluding hydrogens is 410 g/mol. The molecule has 156 valence electrons. The average Bonchev–Trinajstić information content (AvgIpc) is 3.10. The number of thiophene rings is 1. The lowest BCUT2D eigenvalue weighted by molar-refractivity contribution is -0.384. The number of non-ortho nitro benzene ring substituents is 1. The maximum atomic E-state index is 12.9. The van der Waals surface area contributed by atoms with Gasteiger partial charge in [-0.25, -0.2) is 4.79 Å². The van der Waals surface area contributed by atoms with E-state index >= 15 is 0 Å². The molecule has 0 N–H and O–H groups in total. The number of fused-ring (bicyclic) bond motifs is 1. The normalized spacial score (nSPS) is 12.0. The topological polar surface area (TPSA) is 69.4 Å². The number of hydrogen-bond acceptors (Lipinski definition) is 4. The Morgan fingerprint density at radius 3 is 2.42 bits per heavy atom. The monoisotopic (exact) mass is 432 g/mol. The van der Waals surface area contributed by atoms with Crippen molar-refractivity contribution in [3.05, 3.63) is 105 Å². The summed E-state index contributed by atoms with van der Waals surface area (Å²) in [4.78, 5) is 24.4. The highest BCUT2D eigenvalue weighted by molar-refractivity contribution is 7.43. The van der Waals surface area contributed by atoms with E-state index in [4.69, 9.17) is 4.74 Å². The molecule has 0 bridgehead atoms. The zero-order chi connectivity index (χ0) is 22.2. The first kappa shape index (κ1) is 20.8. The first-order valence-electron chi connectivity index (χ1n) is 9.85. The number of benzene rings is 3. The van der Waals surface area contributed by atoms with Crippen molar-refractivity contribution in [2.45, 2.75) is 26.4 Å². The van der Waals surface area contributed by atoms with Gasteiger partial charge in [0.25, 0.3) is 5.69 Å². The summed E-state index contributed by atoms with van der Waals surface area (Å²) in [5.41, 5.74) is 1.48. The van der Waals surface area contributed by atoms with E-state index in [-0.39, 0.29) is 16.2 Å². The molecule has 0 spiro atoms. The second-order valence-electron chi connectivity index (χ2n) is 7.87. The molecule has 1 aromatic heterocycles. The van der Waals surface area contributed by atoms with Crippen LogP contribution < -0.4 is 0 Å². The molecule has 1 unspecified atom stereocenters. The van der Waals surface area contributed by atoms with Crippen LogP contribution in [0.15, 0.2) is 78.2 Å². The third-order valence-corrected chi connectivity index (χ3v) is 7.47. The molecule has 0 saturated heterocycles. The Morgan fingerprint density at radius 2 is 1.71 bits per heavy atom. The number of aryl methyl sites for hydroxylation is 1. The largest absolute Gasteiger partial charge is 0.451 e. The van der Waals surface area contributed by atoms with Crippen molar-refractivity contribution in [1.29, 1.82) is 0 Å². The zero-order valence-corrected chi connectivity index (χ0v) is 18.3. The standard InChI is InChI=1S/C25H22NO4S/c1-17-16-31(23-10-5-4-9-22(17)23)21-8-6-7-18(15-21)24(27)30-25(2,3)19-11-13-20(14-12-19)26(28)29/h4-16H,1-3H3/q+1. The van der Waals surface area contributed by atoms with Crippen LogP contribution in [0, 0.1) is 17.0 Å². The van der Waals surface area contributed by atoms with Crippen LogP contribution in [0.5, 0.6) is 0 Å². The fraction of sp³-hybridized carbons (Fsp3) is 0.160. The number of hydrogen-bond donors (Lipinski definition) is 0. The minimum atomic E-state index is -0.930. The highest BCUT2D eigenvalue weighted by Crippen LogP contribution is 2.42. The van der Waals surface area contributed by atoms with Crippen molar-refractivity contribution >= 4 is 32.2 Å². The van der Waals surface area contributed by atoms with Crippen molar-refractivity contribution in [3.8, 4) is 4.90 Å². The Bertz CT molecular complexity index is 1290. The zero-order valence-electron chi connectivity index (χ0n) is 17.5. The van der Waals surface area contributed by atoms with Crippen LogP contribution in [-0.4, -0.2) is 10.9 Å². The van der Waals surface area contributed by atoms with E-state index in [2.05, 4.69) is 24.4 Å². The van der Waals surface area contributed by atoms with Gasteiger partial charge in [0.15, 0.2) is 9.60 Å². The summed E-state index contributed by atoms with van der Waals surface area (Å²) in [7, 11) is -0.222. The summed E-state index contributed by atoms with van der Waals surface area (Å²) in [6.45, 7) is 5.66. The van der Waals surface area contributed by atoms with E-state index in [0.717, 1.165) is 4.90 Å². The summed E-state index contributed by atoms with van der Waals surface area (Å²) in [6.07, 6.45) is 0. The summed E-state index contributed by atoms with van der Waals surface area (Å²) in [5.74, 6) is -0.429. The van der Waals surface area contributed by atoms with Gasteiger partial charge in [-0.15, -0.1) is 0 Å². The van der Waals surface area contributed by atoms with E-state index in [1.54, 1.807) is 32.0 Å². The van der Waals surface area contributed by atoms with Crippen molar-refractivity contribution in [1.82, 2.24) is 0 Å². The Labute approximate surface area is 183 Å². The lowest BCUT2D eigenvalue weighted by Gasteiger charge is -2.25. The number of carbonyl (C=O) groups is 1. The maximum Gasteiger partial charge on any atom is 0.339 e. The molecular formula is C25H22NO4S+. The first-order chi connectivity index (χ1) is 14.8. The number of esters is 1. The van der Waals surface area contributed by atoms with Gasteiger partial charge in [0.05, 0.1) is 10.5 Å². The van der Waals surface area contributed by atoms with Crippen LogP contribution in [0.25, 0.3) is 15.0 Å². The van der Waals surface area contributed by atoms with Crippen molar-refractivity contribution < 1.29 is 14.5 Å². The van der Waals surface area contributed by atoms with Crippen LogP contribution in [0.1, 0.15) is 35.3 Å². The number of nitro groups is 1. The summed E-state index contributed by atoms with van der Waals surface area (Å²) in [6, 6.07) is 22.0. The molecule has 0 aliphatic heterocycles. The van der Waals surface area contributed by atoms with Gasteiger partial charge in [-0.2, -0.15) is 0 Å². The lowest BCUT2D eigenvalue weighted by Crippen LogP contribution is -2.25. The molecule has 4 rings (SSSR count). The van der Waals surface area contributed by atoms with Crippen molar-refractivity contribution in [2.75, 3.05) is 0 Å². The van der Waals surface area contributed by atoms with Crippen LogP contribution in [0.2, 0.25) is 0 Å². The van der Waals surface area contributed by atoms with Crippen LogP contribution in [0.4, 0.5) is 5.69 Å². The van der Waals surface area contributed by atoms with E-state index in [1.165, 1.54) is 27.8 Å². The number of nitrogens with zero attached hydrogens (tertiary/aromatic N) is 1. The minimum absolute atomic E-state index is 0.000220. The van der Waals surface area contributed by atoms with Crippen LogP contribution in [0.3, 0.4) is 0 Å². The number of carbonyl (C=O) groups excluding carboxylic acids is 1. The molecule has 0 fully saturated rings. The Hall–Kier alpha value is -3.51. The first-order valence-corrected chi connectivity index (χ1v) is 11.1. The van der Waals surface area contributed by atoms with Gasteiger partial charge < -0.3 is 4.74 Å². The summed E-state index contributed by atoms with van der Waals surface area (Å²) >= 11 is 0. The Kier molecular flexibility index (Phi) is 5.33. The van der Waals surface area contributed by atoms with Gasteiger partial charge in [-0.05, 0) is 62.7 Å². The van der Waals surface area contributed by atoms with Gasteiger partial charge in [0.1, 0.15) is 11.0 Å². The maximum absolute atomic E-state index is 12.9. The molecule has 0 saturated carbocycles. The minimum Gasteiger partial charge on any atom is -0.451 e. The van der Waals surface area contributed by atoms with Gasteiger partial charge >= 0.3 is 5.97 Å². The van der Waals surface area contributed by atoms with Crippen LogP contribution >= 0.6 is 10.5 Å². The summed E-state index contributed by atoms with van der Waals surface area (Å²) < 4.78 is 7.06. The van der Waals surface area contributed by atoms with E-state index in [1.807, 2.05) is 30.3 Å². The van der Waals surface area contributed by atoms with E-state index in [0.29, 0.717) is 11.1 Å². The van der Waals surface area contributed by atoms with Crippen molar-refractivity contribution in [2.24, 2.45) is 0 Å². The average molecular weight is 433 g/mol. The molecule has 4 aromatic rings. The molecule has 0 aliphatic carbocycles. The molecule has 0 radical (unpaired) electrons. The molecule has 5 nitrogen and oxygen atoms in total. The Balaban J connectivity index is 1.61. The molecule has 0 amide bonds. The quantitative estimate of drug-likeness (QED) is 0.149. The summed E-state index contributed by atoms with van der Waals surface area (Å²) in [5, 5.41) is 14.4. The SMILES string of the molecule is Cc1c[s+](-c2cccc(C(=O)OC(C)(C)c3ccc([N+](=O)[O-])cc3)c2)c2ccccc12. The third kappa shape index (κ3) is 4.07. The fourth-order valence-corrected chi connectivity index (χ4v) is 5.74. The highest BCUT2D eigenvalue weighted by Gasteiger charge is 2.28. The number of nitro benzene ring substituents is 1. The predicted octanol–water partition coefficient (Wildman–Crippen LogP) is 6.89. The second-order valence-corrected chi connectivity index (χ2v) is 9.69. The molecule has 6 heteroatoms. The van der Waals surface area contributed by atoms with Gasteiger partial charge in [-0.1, -0.05) is 18.2 Å². The second kappa shape index (κ2) is 7.96. The smallest absolute Gasteiger partial charge is 0.339 e. The molecule has 31 heavy (non-hydrogen) atoms. The van der Waals surface area contributed by atoms with Gasteiger partial charge in [-0.3, -0.25) is 10.1 Å². The third-order valence-electron chi connectivity index (χ3n) is 5.29. The molecule has 1 heterocycles. The highest BCUT2D eigenvalue weighted by atomic mass is 32.2.